The molecule has 0 bridgehead atoms. The molecule has 45 heavy (non-hydrogen) atoms. The first-order valence-corrected chi connectivity index (χ1v) is 15.3. The van der Waals surface area contributed by atoms with Crippen molar-refractivity contribution >= 4 is 41.0 Å². The van der Waals surface area contributed by atoms with Crippen molar-refractivity contribution in [3.8, 4) is 11.5 Å². The number of likely N-dealkylation sites (tertiary alicyclic amines) is 1. The number of para-hydroxylation sites is 1. The Hall–Kier alpha value is -3.83. The van der Waals surface area contributed by atoms with E-state index in [-0.39, 0.29) is 37.8 Å². The maximum atomic E-state index is 14.4. The minimum absolute atomic E-state index is 0.00131. The first-order valence-electron chi connectivity index (χ1n) is 14.9. The molecule has 2 aromatic rings. The summed E-state index contributed by atoms with van der Waals surface area (Å²) in [6.07, 6.45) is -1.08. The Labute approximate surface area is 268 Å². The zero-order valence-corrected chi connectivity index (χ0v) is 27.1. The van der Waals surface area contributed by atoms with Crippen LogP contribution >= 0.6 is 11.6 Å². The third-order valence-corrected chi connectivity index (χ3v) is 8.40. The Morgan fingerprint density at radius 3 is 2.38 bits per heavy atom. The molecule has 11 nitrogen and oxygen atoms in total. The van der Waals surface area contributed by atoms with Gasteiger partial charge in [-0.05, 0) is 43.0 Å². The number of carboxylic acid groups (broad SMARTS) is 1. The number of piperidine rings is 1. The molecule has 12 heteroatoms. The normalized spacial score (nSPS) is 19.0. The van der Waals surface area contributed by atoms with Gasteiger partial charge >= 0.3 is 11.9 Å². The molecule has 2 heterocycles. The number of halogens is 1. The van der Waals surface area contributed by atoms with Gasteiger partial charge in [0.15, 0.2) is 11.5 Å². The van der Waals surface area contributed by atoms with Crippen molar-refractivity contribution in [2.45, 2.75) is 58.7 Å². The van der Waals surface area contributed by atoms with E-state index in [1.54, 1.807) is 40.1 Å². The van der Waals surface area contributed by atoms with Crippen LogP contribution in [0.5, 0.6) is 11.5 Å². The van der Waals surface area contributed by atoms with Gasteiger partial charge in [0.2, 0.25) is 5.91 Å². The SMILES string of the molecule is COc1cccc(C2OC(CC(=O)N3CCC(CC(=O)O)CC3)C(=O)N(CC(C)(C)COC(C)=O)c3ccc(Cl)cc32)c1OC. The molecular weight excluding hydrogens is 604 g/mol. The van der Waals surface area contributed by atoms with Gasteiger partial charge in [0.1, 0.15) is 12.2 Å². The van der Waals surface area contributed by atoms with E-state index in [1.807, 2.05) is 19.9 Å². The predicted octanol–water partition coefficient (Wildman–Crippen LogP) is 4.87. The van der Waals surface area contributed by atoms with Gasteiger partial charge in [0.05, 0.1) is 27.2 Å². The van der Waals surface area contributed by atoms with Crippen LogP contribution in [0.15, 0.2) is 36.4 Å². The number of carbonyl (C=O) groups is 4. The van der Waals surface area contributed by atoms with Crippen LogP contribution < -0.4 is 14.4 Å². The number of nitrogens with zero attached hydrogens (tertiary/aromatic N) is 2. The summed E-state index contributed by atoms with van der Waals surface area (Å²) in [7, 11) is 3.04. The van der Waals surface area contributed by atoms with Crippen LogP contribution in [0, 0.1) is 11.3 Å². The van der Waals surface area contributed by atoms with Gasteiger partial charge in [-0.1, -0.05) is 37.6 Å². The Kier molecular flexibility index (Phi) is 11.0. The molecule has 1 fully saturated rings. The highest BCUT2D eigenvalue weighted by atomic mass is 35.5. The van der Waals surface area contributed by atoms with E-state index in [4.69, 9.17) is 30.5 Å². The Bertz CT molecular complexity index is 1420. The number of fused-ring (bicyclic) bond motifs is 1. The number of ether oxygens (including phenoxy) is 4. The summed E-state index contributed by atoms with van der Waals surface area (Å²) in [4.78, 5) is 54.1. The third-order valence-electron chi connectivity index (χ3n) is 8.16. The minimum atomic E-state index is -1.19. The highest BCUT2D eigenvalue weighted by Crippen LogP contribution is 2.45. The second-order valence-corrected chi connectivity index (χ2v) is 12.7. The largest absolute Gasteiger partial charge is 0.493 e. The van der Waals surface area contributed by atoms with Crippen LogP contribution in [0.2, 0.25) is 5.02 Å². The second-order valence-electron chi connectivity index (χ2n) is 12.3. The zero-order chi connectivity index (χ0) is 32.9. The van der Waals surface area contributed by atoms with E-state index in [2.05, 4.69) is 0 Å². The number of amides is 2. The smallest absolute Gasteiger partial charge is 0.303 e. The maximum absolute atomic E-state index is 14.4. The number of hydrogen-bond acceptors (Lipinski definition) is 8. The molecule has 0 spiro atoms. The van der Waals surface area contributed by atoms with E-state index in [0.717, 1.165) is 0 Å². The number of aliphatic carboxylic acids is 1. The van der Waals surface area contributed by atoms with Gasteiger partial charge in [0.25, 0.3) is 5.91 Å². The van der Waals surface area contributed by atoms with E-state index >= 15 is 0 Å². The summed E-state index contributed by atoms with van der Waals surface area (Å²) in [6.45, 7) is 6.13. The number of carboxylic acids is 1. The first kappa shape index (κ1) is 34.1. The molecule has 1 saturated heterocycles. The molecule has 0 aliphatic carbocycles. The lowest BCUT2D eigenvalue weighted by Crippen LogP contribution is -2.48. The third kappa shape index (κ3) is 8.26. The van der Waals surface area contributed by atoms with E-state index in [1.165, 1.54) is 21.1 Å². The number of rotatable bonds is 11. The maximum Gasteiger partial charge on any atom is 0.303 e. The monoisotopic (exact) mass is 644 g/mol. The molecule has 4 rings (SSSR count). The number of benzene rings is 2. The summed E-state index contributed by atoms with van der Waals surface area (Å²) in [5.41, 5.74) is 1.06. The minimum Gasteiger partial charge on any atom is -0.493 e. The topological polar surface area (TPSA) is 132 Å². The van der Waals surface area contributed by atoms with Crippen LogP contribution in [0.1, 0.15) is 63.7 Å². The fraction of sp³-hybridized carbons (Fsp3) is 0.515. The molecule has 244 valence electrons. The van der Waals surface area contributed by atoms with Crippen LogP contribution in [0.4, 0.5) is 5.69 Å². The number of carbonyl (C=O) groups excluding carboxylic acids is 3. The molecule has 2 aromatic carbocycles. The molecule has 0 radical (unpaired) electrons. The summed E-state index contributed by atoms with van der Waals surface area (Å²) in [5, 5.41) is 9.60. The average Bonchev–Trinajstić information content (AvgIpc) is 3.09. The summed E-state index contributed by atoms with van der Waals surface area (Å²) in [6, 6.07) is 10.5. The highest BCUT2D eigenvalue weighted by Gasteiger charge is 2.41. The van der Waals surface area contributed by atoms with E-state index in [0.29, 0.717) is 59.3 Å². The van der Waals surface area contributed by atoms with Crippen LogP contribution in [0.3, 0.4) is 0 Å². The van der Waals surface area contributed by atoms with Crippen LogP contribution in [0.25, 0.3) is 0 Å². The van der Waals surface area contributed by atoms with Gasteiger partial charge in [-0.2, -0.15) is 0 Å². The van der Waals surface area contributed by atoms with E-state index < -0.39 is 35.5 Å². The number of anilines is 1. The molecule has 1 N–H and O–H groups in total. The highest BCUT2D eigenvalue weighted by molar-refractivity contribution is 6.30. The van der Waals surface area contributed by atoms with Gasteiger partial charge in [-0.3, -0.25) is 19.2 Å². The quantitative estimate of drug-likeness (QED) is 0.340. The van der Waals surface area contributed by atoms with Crippen molar-refractivity contribution in [1.82, 2.24) is 4.90 Å². The molecule has 2 aliphatic rings. The molecule has 2 atom stereocenters. The Morgan fingerprint density at radius 2 is 1.76 bits per heavy atom. The standard InChI is InChI=1S/C33H41ClN2O9/c1-20(37)44-19-33(2,3)18-36-25-10-9-22(34)16-24(25)30(23-7-6-8-26(42-4)31(23)43-5)45-27(32(36)41)17-28(38)35-13-11-21(12-14-35)15-29(39)40/h6-10,16,21,27,30H,11-15,17-19H2,1-5H3,(H,39,40). The average molecular weight is 645 g/mol. The Balaban J connectivity index is 1.75. The van der Waals surface area contributed by atoms with Crippen LogP contribution in [-0.4, -0.2) is 80.3 Å². The van der Waals surface area contributed by atoms with Gasteiger partial charge in [-0.25, -0.2) is 0 Å². The molecule has 0 aromatic heterocycles. The summed E-state index contributed by atoms with van der Waals surface area (Å²) < 4.78 is 23.2. The van der Waals surface area contributed by atoms with Crippen molar-refractivity contribution in [2.24, 2.45) is 11.3 Å². The molecule has 2 amide bonds. The van der Waals surface area contributed by atoms with Gasteiger partial charge < -0.3 is 33.9 Å². The van der Waals surface area contributed by atoms with Crippen molar-refractivity contribution < 1.29 is 43.2 Å². The van der Waals surface area contributed by atoms with Gasteiger partial charge in [-0.15, -0.1) is 0 Å². The zero-order valence-electron chi connectivity index (χ0n) is 26.3. The fourth-order valence-corrected chi connectivity index (χ4v) is 6.10. The summed E-state index contributed by atoms with van der Waals surface area (Å²) >= 11 is 6.51. The lowest BCUT2D eigenvalue weighted by atomic mass is 9.92. The van der Waals surface area contributed by atoms with Crippen molar-refractivity contribution in [3.05, 3.63) is 52.5 Å². The number of hydrogen-bond donors (Lipinski definition) is 1. The molecule has 0 saturated carbocycles. The van der Waals surface area contributed by atoms with Crippen molar-refractivity contribution in [1.29, 1.82) is 0 Å². The van der Waals surface area contributed by atoms with Gasteiger partial charge in [0, 0.05) is 60.2 Å². The molecule has 2 aliphatic heterocycles. The number of esters is 1. The lowest BCUT2D eigenvalue weighted by molar-refractivity contribution is -0.145. The molecule has 2 unspecified atom stereocenters. The summed E-state index contributed by atoms with van der Waals surface area (Å²) in [5.74, 6) is -1.09. The fourth-order valence-electron chi connectivity index (χ4n) is 5.92. The lowest BCUT2D eigenvalue weighted by Gasteiger charge is -2.34. The van der Waals surface area contributed by atoms with Crippen molar-refractivity contribution in [3.63, 3.8) is 0 Å². The van der Waals surface area contributed by atoms with Crippen molar-refractivity contribution in [2.75, 3.05) is 45.4 Å². The predicted molar refractivity (Wildman–Crippen MR) is 167 cm³/mol. The Morgan fingerprint density at radius 1 is 1.04 bits per heavy atom. The second kappa shape index (κ2) is 14.5. The first-order chi connectivity index (χ1) is 21.3. The molecular formula is C33H41ClN2O9. The number of methoxy groups -OCH3 is 2. The van der Waals surface area contributed by atoms with E-state index in [9.17, 15) is 24.3 Å². The van der Waals surface area contributed by atoms with Crippen LogP contribution in [-0.2, 0) is 28.7 Å².